The highest BCUT2D eigenvalue weighted by Crippen LogP contribution is 2.38. The van der Waals surface area contributed by atoms with Crippen LogP contribution in [0.3, 0.4) is 0 Å². The minimum atomic E-state index is -4.71. The lowest BCUT2D eigenvalue weighted by Crippen LogP contribution is -2.47. The average Bonchev–Trinajstić information content (AvgIpc) is 3.51. The number of allylic oxidation sites excluding steroid dienone is 17. The fourth-order valence-corrected chi connectivity index (χ4v) is 10.2. The van der Waals surface area contributed by atoms with Gasteiger partial charge in [0.1, 0.15) is 19.3 Å². The Hall–Kier alpha value is -3.33. The highest BCUT2D eigenvalue weighted by atomic mass is 31.2. The molecule has 3 atom stereocenters. The fraction of sp³-hybridized carbons (Fsp3) is 0.726. The van der Waals surface area contributed by atoms with Crippen LogP contribution in [0.4, 0.5) is 0 Å². The Labute approximate surface area is 512 Å². The Balaban J connectivity index is 5.08. The Bertz CT molecular complexity index is 1790. The Morgan fingerprint density at radius 3 is 1.18 bits per heavy atom. The molecule has 0 spiro atoms. The minimum Gasteiger partial charge on any atom is -0.756 e. The Kier molecular flexibility index (Phi) is 59.3. The number of hydrogen-bond acceptors (Lipinski definition) is 7. The molecule has 9 nitrogen and oxygen atoms in total. The van der Waals surface area contributed by atoms with Crippen molar-refractivity contribution in [2.75, 3.05) is 40.9 Å². The first-order valence-electron chi connectivity index (χ1n) is 34.2. The fourth-order valence-electron chi connectivity index (χ4n) is 9.44. The van der Waals surface area contributed by atoms with E-state index in [0.717, 1.165) is 135 Å². The van der Waals surface area contributed by atoms with Gasteiger partial charge < -0.3 is 28.5 Å². The van der Waals surface area contributed by atoms with E-state index in [-0.39, 0.29) is 24.9 Å². The number of nitrogens with zero attached hydrogens (tertiary/aromatic N) is 1. The van der Waals surface area contributed by atoms with Crippen molar-refractivity contribution >= 4 is 19.7 Å². The van der Waals surface area contributed by atoms with Crippen LogP contribution < -0.4 is 10.2 Å². The van der Waals surface area contributed by atoms with Gasteiger partial charge in [-0.15, -0.1) is 0 Å². The molecule has 0 aliphatic heterocycles. The zero-order valence-electron chi connectivity index (χ0n) is 54.6. The molecular formula is C73H129N2O7P. The van der Waals surface area contributed by atoms with E-state index >= 15 is 0 Å². The summed E-state index contributed by atoms with van der Waals surface area (Å²) in [5.74, 6) is -0.560. The molecule has 0 saturated carbocycles. The summed E-state index contributed by atoms with van der Waals surface area (Å²) in [4.78, 5) is 40.1. The first kappa shape index (κ1) is 79.7. The molecule has 0 aromatic carbocycles. The van der Waals surface area contributed by atoms with Gasteiger partial charge in [0.2, 0.25) is 5.91 Å². The van der Waals surface area contributed by atoms with E-state index in [1.54, 1.807) is 0 Å². The van der Waals surface area contributed by atoms with Gasteiger partial charge in [-0.3, -0.25) is 14.2 Å². The number of carbonyl (C=O) groups is 2. The number of esters is 1. The summed E-state index contributed by atoms with van der Waals surface area (Å²) < 4.78 is 30.4. The Morgan fingerprint density at radius 1 is 0.434 bits per heavy atom. The summed E-state index contributed by atoms with van der Waals surface area (Å²) in [6.07, 6.45) is 84.9. The summed E-state index contributed by atoms with van der Waals surface area (Å²) >= 11 is 0. The highest BCUT2D eigenvalue weighted by Gasteiger charge is 2.27. The molecule has 0 aliphatic rings. The number of nitrogens with one attached hydrogen (secondary N) is 1. The maximum absolute atomic E-state index is 13.6. The van der Waals surface area contributed by atoms with Crippen molar-refractivity contribution in [2.45, 2.75) is 303 Å². The second-order valence-electron chi connectivity index (χ2n) is 23.9. The van der Waals surface area contributed by atoms with Crippen LogP contribution in [-0.4, -0.2) is 69.4 Å². The van der Waals surface area contributed by atoms with E-state index in [4.69, 9.17) is 13.8 Å². The molecule has 0 heterocycles. The second kappa shape index (κ2) is 61.7. The lowest BCUT2D eigenvalue weighted by Gasteiger charge is -2.30. The van der Waals surface area contributed by atoms with Gasteiger partial charge in [-0.1, -0.05) is 272 Å². The van der Waals surface area contributed by atoms with Crippen LogP contribution in [0.1, 0.15) is 290 Å². The van der Waals surface area contributed by atoms with Gasteiger partial charge in [-0.25, -0.2) is 0 Å². The zero-order chi connectivity index (χ0) is 60.7. The number of phosphoric ester groups is 1. The minimum absolute atomic E-state index is 0.0298. The number of quaternary nitrogens is 1. The van der Waals surface area contributed by atoms with Crippen molar-refractivity contribution in [3.63, 3.8) is 0 Å². The normalized spacial score (nSPS) is 14.3. The number of rotatable bonds is 61. The summed E-state index contributed by atoms with van der Waals surface area (Å²) in [5, 5.41) is 3.03. The smallest absolute Gasteiger partial charge is 0.306 e. The van der Waals surface area contributed by atoms with Gasteiger partial charge >= 0.3 is 5.97 Å². The van der Waals surface area contributed by atoms with Gasteiger partial charge in [0, 0.05) is 12.8 Å². The molecule has 0 bridgehead atoms. The van der Waals surface area contributed by atoms with Crippen molar-refractivity contribution in [3.8, 4) is 0 Å². The van der Waals surface area contributed by atoms with E-state index in [0.29, 0.717) is 23.9 Å². The number of unbranched alkanes of at least 4 members (excludes halogenated alkanes) is 29. The molecule has 0 radical (unpaired) electrons. The molecule has 478 valence electrons. The molecular weight excluding hydrogens is 1050 g/mol. The molecule has 3 unspecified atom stereocenters. The topological polar surface area (TPSA) is 114 Å². The molecule has 0 saturated heterocycles. The van der Waals surface area contributed by atoms with Crippen molar-refractivity contribution in [1.82, 2.24) is 5.32 Å². The molecule has 0 aliphatic carbocycles. The number of amides is 1. The van der Waals surface area contributed by atoms with E-state index in [1.807, 2.05) is 33.3 Å². The number of hydrogen-bond donors (Lipinski definition) is 1. The maximum atomic E-state index is 13.6. The molecule has 0 rings (SSSR count). The predicted molar refractivity (Wildman–Crippen MR) is 357 cm³/mol. The first-order chi connectivity index (χ1) is 40.4. The zero-order valence-corrected chi connectivity index (χ0v) is 55.5. The van der Waals surface area contributed by atoms with E-state index in [9.17, 15) is 19.0 Å². The largest absolute Gasteiger partial charge is 0.756 e. The van der Waals surface area contributed by atoms with Crippen molar-refractivity contribution in [3.05, 3.63) is 109 Å². The lowest BCUT2D eigenvalue weighted by molar-refractivity contribution is -0.870. The van der Waals surface area contributed by atoms with Crippen LogP contribution in [0.15, 0.2) is 109 Å². The third kappa shape index (κ3) is 63.0. The third-order valence-electron chi connectivity index (χ3n) is 14.7. The highest BCUT2D eigenvalue weighted by molar-refractivity contribution is 7.45. The number of ether oxygens (including phenoxy) is 1. The van der Waals surface area contributed by atoms with Crippen molar-refractivity contribution in [2.24, 2.45) is 0 Å². The van der Waals surface area contributed by atoms with Crippen LogP contribution in [-0.2, 0) is 27.9 Å². The van der Waals surface area contributed by atoms with Crippen molar-refractivity contribution in [1.29, 1.82) is 0 Å². The van der Waals surface area contributed by atoms with Crippen LogP contribution in [0, 0.1) is 0 Å². The number of carbonyl (C=O) groups excluding carboxylic acids is 2. The molecule has 0 aromatic heterocycles. The number of phosphoric acid groups is 1. The number of likely N-dealkylation sites (N-methyl/N-ethyl adjacent to an activating group) is 1. The summed E-state index contributed by atoms with van der Waals surface area (Å²) in [7, 11) is 1.17. The van der Waals surface area contributed by atoms with Gasteiger partial charge in [-0.05, 0) is 115 Å². The average molecular weight is 1180 g/mol. The van der Waals surface area contributed by atoms with Gasteiger partial charge in [0.25, 0.3) is 7.82 Å². The predicted octanol–water partition coefficient (Wildman–Crippen LogP) is 21.0. The summed E-state index contributed by atoms with van der Waals surface area (Å²) in [5.41, 5.74) is 0. The summed E-state index contributed by atoms with van der Waals surface area (Å²) in [6.45, 7) is 6.69. The van der Waals surface area contributed by atoms with Crippen LogP contribution in [0.5, 0.6) is 0 Å². The molecule has 83 heavy (non-hydrogen) atoms. The SMILES string of the molecule is CC/C=C\C/C=C\C/C=C\C/C=C\C/C=C\CCCCCCCCCCCCCC(=O)NC(COP(=O)([O-])OCC[N+](C)(C)C)C(/C=C\CCCCCCCCCCC)OC(=O)CCCCCCCC/C=C\C/C=C\C/C=C\CCCCC. The monoisotopic (exact) mass is 1180 g/mol. The molecule has 1 N–H and O–H groups in total. The maximum Gasteiger partial charge on any atom is 0.306 e. The van der Waals surface area contributed by atoms with Gasteiger partial charge in [0.05, 0.1) is 33.8 Å². The summed E-state index contributed by atoms with van der Waals surface area (Å²) in [6, 6.07) is -0.902. The Morgan fingerprint density at radius 2 is 0.771 bits per heavy atom. The molecule has 10 heteroatoms. The van der Waals surface area contributed by atoms with E-state index in [1.165, 1.54) is 116 Å². The van der Waals surface area contributed by atoms with E-state index < -0.39 is 26.6 Å². The lowest BCUT2D eigenvalue weighted by atomic mass is 10.0. The third-order valence-corrected chi connectivity index (χ3v) is 15.7. The van der Waals surface area contributed by atoms with Gasteiger partial charge in [0.15, 0.2) is 0 Å². The quantitative estimate of drug-likeness (QED) is 0.0212. The van der Waals surface area contributed by atoms with Crippen LogP contribution >= 0.6 is 7.82 Å². The van der Waals surface area contributed by atoms with Gasteiger partial charge in [-0.2, -0.15) is 0 Å². The standard InChI is InChI=1S/C73H129N2O7P/c1-7-10-13-16-19-22-25-27-29-31-33-34-35-36-37-38-39-40-42-43-45-47-50-53-56-59-62-65-72(76)74-70(69-81-83(78,79)80-68-67-75(4,5)6)71(64-61-58-55-52-49-24-21-18-15-12-9-3)82-73(77)66-63-60-57-54-51-48-46-44-41-32-30-28-26-23-20-17-14-11-8-2/h10,13,19-20,22-23,27-30,33-34,36-37,41,44,61,64,70-71H,7-9,11-12,14-18,21,24-26,31-32,35,38-40,42-43,45-60,62-63,65-69H2,1-6H3,(H-,74,76,78,79)/b13-10-,22-19-,23-20-,29-27-,30-28-,34-33-,37-36-,44-41-,64-61-. The molecule has 1 amide bonds. The van der Waals surface area contributed by atoms with Crippen molar-refractivity contribution < 1.29 is 37.3 Å². The molecule has 0 fully saturated rings. The van der Waals surface area contributed by atoms with Crippen LogP contribution in [0.25, 0.3) is 0 Å². The van der Waals surface area contributed by atoms with Crippen LogP contribution in [0.2, 0.25) is 0 Å². The van der Waals surface area contributed by atoms with E-state index in [2.05, 4.69) is 123 Å². The molecule has 0 aromatic rings. The first-order valence-corrected chi connectivity index (χ1v) is 35.7. The second-order valence-corrected chi connectivity index (χ2v) is 25.4.